The van der Waals surface area contributed by atoms with Gasteiger partial charge in [-0.2, -0.15) is 0 Å². The van der Waals surface area contributed by atoms with Crippen molar-refractivity contribution in [2.45, 2.75) is 0 Å². The summed E-state index contributed by atoms with van der Waals surface area (Å²) in [4.78, 5) is 0. The number of hydrogen-bond acceptors (Lipinski definition) is 0. The van der Waals surface area contributed by atoms with Gasteiger partial charge in [-0.05, 0) is 0 Å². The first kappa shape index (κ1) is 10.8. The fourth-order valence-electron chi connectivity index (χ4n) is 0. The predicted molar refractivity (Wildman–Crippen MR) is 37.9 cm³/mol. The van der Waals surface area contributed by atoms with Gasteiger partial charge in [0.1, 0.15) is 0 Å². The summed E-state index contributed by atoms with van der Waals surface area (Å²) in [6, 6.07) is 0. The molecule has 0 saturated heterocycles. The fraction of sp³-hybridized carbons (Fsp3) is 0. The molecule has 0 nitrogen and oxygen atoms in total. The molecule has 7 heavy (non-hydrogen) atoms. The van der Waals surface area contributed by atoms with Gasteiger partial charge in [0.05, 0.1) is 0 Å². The molecule has 0 aromatic heterocycles. The fourth-order valence-corrected chi connectivity index (χ4v) is 0. The van der Waals surface area contributed by atoms with Crippen LogP contribution in [0.1, 0.15) is 0 Å². The van der Waals surface area contributed by atoms with Crippen molar-refractivity contribution in [2.24, 2.45) is 0 Å². The minimum absolute atomic E-state index is 0.826. The summed E-state index contributed by atoms with van der Waals surface area (Å²) >= 11 is -0.826. The van der Waals surface area contributed by atoms with E-state index in [0.29, 0.717) is 0 Å². The number of halogens is 2. The summed E-state index contributed by atoms with van der Waals surface area (Å²) < 4.78 is 0. The van der Waals surface area contributed by atoms with E-state index in [0.717, 1.165) is 0 Å². The van der Waals surface area contributed by atoms with Gasteiger partial charge in [-0.1, -0.05) is 25.3 Å². The second-order valence-electron chi connectivity index (χ2n) is 0.543. The van der Waals surface area contributed by atoms with E-state index in [1.807, 2.05) is 0 Å². The number of rotatable bonds is 1. The Hall–Kier alpha value is 0.859. The Kier molecular flexibility index (Phi) is 24.3. The Balaban J connectivity index is 0. The Morgan fingerprint density at radius 3 is 1.29 bits per heavy atom. The molecular weight excluding hydrogens is 238 g/mol. The first-order valence-electron chi connectivity index (χ1n) is 1.53. The molecular formula is C4H6Cl2Sn. The van der Waals surface area contributed by atoms with Crippen molar-refractivity contribution in [3.8, 4) is 0 Å². The average Bonchev–Trinajstić information content (AvgIpc) is 1.69. The summed E-state index contributed by atoms with van der Waals surface area (Å²) in [5.74, 6) is 0. The predicted octanol–water partition coefficient (Wildman–Crippen LogP) is 2.36. The minimum atomic E-state index is -0.826. The van der Waals surface area contributed by atoms with E-state index in [1.165, 1.54) is 0 Å². The topological polar surface area (TPSA) is 0 Å². The van der Waals surface area contributed by atoms with E-state index in [-0.39, 0.29) is 0 Å². The molecule has 0 aliphatic heterocycles. The molecule has 0 unspecified atom stereocenters. The molecule has 0 rings (SSSR count). The van der Waals surface area contributed by atoms with Gasteiger partial charge in [0, 0.05) is 0 Å². The monoisotopic (exact) mass is 244 g/mol. The SMILES string of the molecule is C=CC=C.[Cl][Sn][Cl]. The van der Waals surface area contributed by atoms with Crippen LogP contribution < -0.4 is 0 Å². The van der Waals surface area contributed by atoms with Crippen LogP contribution in [0.3, 0.4) is 0 Å². The van der Waals surface area contributed by atoms with Crippen LogP contribution in [0.2, 0.25) is 0 Å². The third-order valence-electron chi connectivity index (χ3n) is 0.167. The summed E-state index contributed by atoms with van der Waals surface area (Å²) in [6.07, 6.45) is 3.28. The van der Waals surface area contributed by atoms with E-state index in [1.54, 1.807) is 12.2 Å². The van der Waals surface area contributed by atoms with Crippen LogP contribution in [-0.4, -0.2) is 18.9 Å². The zero-order valence-corrected chi connectivity index (χ0v) is 8.19. The van der Waals surface area contributed by atoms with Gasteiger partial charge in [-0.25, -0.2) is 0 Å². The molecule has 40 valence electrons. The first-order valence-corrected chi connectivity index (χ1v) is 8.76. The van der Waals surface area contributed by atoms with Crippen molar-refractivity contribution < 1.29 is 0 Å². The molecule has 0 saturated carbocycles. The maximum absolute atomic E-state index is 4.93. The van der Waals surface area contributed by atoms with Crippen molar-refractivity contribution in [3.63, 3.8) is 0 Å². The average molecular weight is 244 g/mol. The van der Waals surface area contributed by atoms with Gasteiger partial charge < -0.3 is 0 Å². The molecule has 0 aliphatic rings. The van der Waals surface area contributed by atoms with Crippen LogP contribution in [0.5, 0.6) is 0 Å². The molecule has 3 heteroatoms. The molecule has 0 fully saturated rings. The molecule has 0 heterocycles. The zero-order valence-electron chi connectivity index (χ0n) is 3.82. The quantitative estimate of drug-likeness (QED) is 0.490. The van der Waals surface area contributed by atoms with Crippen LogP contribution in [0.15, 0.2) is 25.3 Å². The molecule has 0 N–H and O–H groups in total. The Morgan fingerprint density at radius 1 is 1.14 bits per heavy atom. The van der Waals surface area contributed by atoms with Gasteiger partial charge in [0.25, 0.3) is 0 Å². The van der Waals surface area contributed by atoms with Crippen LogP contribution in [-0.2, 0) is 0 Å². The van der Waals surface area contributed by atoms with Crippen molar-refractivity contribution in [1.82, 2.24) is 0 Å². The van der Waals surface area contributed by atoms with Crippen LogP contribution in [0.4, 0.5) is 0 Å². The van der Waals surface area contributed by atoms with Crippen molar-refractivity contribution in [1.29, 1.82) is 0 Å². The zero-order chi connectivity index (χ0) is 6.12. The van der Waals surface area contributed by atoms with Crippen molar-refractivity contribution in [3.05, 3.63) is 25.3 Å². The standard InChI is InChI=1S/C4H6.2ClH.Sn/c1-3-4-2;;;/h3-4H,1-2H2;2*1H;/q;;;+2/p-2. The van der Waals surface area contributed by atoms with Crippen LogP contribution >= 0.6 is 17.8 Å². The molecule has 0 amide bonds. The van der Waals surface area contributed by atoms with Gasteiger partial charge in [0.2, 0.25) is 0 Å². The second kappa shape index (κ2) is 15.8. The summed E-state index contributed by atoms with van der Waals surface area (Å²) in [7, 11) is 9.87. The molecule has 0 atom stereocenters. The van der Waals surface area contributed by atoms with E-state index in [2.05, 4.69) is 13.2 Å². The Bertz CT molecular complexity index is 39.0. The third kappa shape index (κ3) is 46.9. The summed E-state index contributed by atoms with van der Waals surface area (Å²) in [6.45, 7) is 6.72. The van der Waals surface area contributed by atoms with Crippen LogP contribution in [0.25, 0.3) is 0 Å². The van der Waals surface area contributed by atoms with Gasteiger partial charge in [-0.3, -0.25) is 0 Å². The molecule has 0 bridgehead atoms. The van der Waals surface area contributed by atoms with Crippen LogP contribution in [0, 0.1) is 0 Å². The molecule has 0 aromatic carbocycles. The summed E-state index contributed by atoms with van der Waals surface area (Å²) in [5.41, 5.74) is 0. The first-order chi connectivity index (χ1) is 3.33. The van der Waals surface area contributed by atoms with Gasteiger partial charge in [0.15, 0.2) is 0 Å². The van der Waals surface area contributed by atoms with Gasteiger partial charge >= 0.3 is 36.7 Å². The van der Waals surface area contributed by atoms with E-state index in [9.17, 15) is 0 Å². The molecule has 0 aromatic rings. The number of allylic oxidation sites excluding steroid dienone is 2. The Morgan fingerprint density at radius 2 is 1.29 bits per heavy atom. The summed E-state index contributed by atoms with van der Waals surface area (Å²) in [5, 5.41) is 0. The number of hydrogen-bond donors (Lipinski definition) is 0. The third-order valence-corrected chi connectivity index (χ3v) is 0.167. The molecule has 0 aliphatic carbocycles. The van der Waals surface area contributed by atoms with Crippen molar-refractivity contribution >= 4 is 36.7 Å². The van der Waals surface area contributed by atoms with Gasteiger partial charge in [-0.15, -0.1) is 0 Å². The normalized spacial score (nSPS) is 5.43. The van der Waals surface area contributed by atoms with E-state index in [4.69, 9.17) is 17.8 Å². The second-order valence-corrected chi connectivity index (χ2v) is 4.78. The maximum atomic E-state index is 4.93. The van der Waals surface area contributed by atoms with E-state index < -0.39 is 18.9 Å². The van der Waals surface area contributed by atoms with E-state index >= 15 is 0 Å². The molecule has 0 spiro atoms. The molecule has 2 radical (unpaired) electrons. The Labute approximate surface area is 61.8 Å². The van der Waals surface area contributed by atoms with Crippen molar-refractivity contribution in [2.75, 3.05) is 0 Å².